The highest BCUT2D eigenvalue weighted by Gasteiger charge is 2.18. The monoisotopic (exact) mass is 310 g/mol. The van der Waals surface area contributed by atoms with Gasteiger partial charge in [-0.15, -0.1) is 0 Å². The van der Waals surface area contributed by atoms with E-state index in [1.54, 1.807) is 6.92 Å². The molecule has 1 aliphatic heterocycles. The normalized spacial score (nSPS) is 15.4. The summed E-state index contributed by atoms with van der Waals surface area (Å²) >= 11 is 0. The van der Waals surface area contributed by atoms with Crippen molar-refractivity contribution in [1.82, 2.24) is 9.80 Å². The van der Waals surface area contributed by atoms with E-state index < -0.39 is 0 Å². The predicted octanol–water partition coefficient (Wildman–Crippen LogP) is 3.14. The number of piperazine rings is 1. The third-order valence-electron chi connectivity index (χ3n) is 4.13. The lowest BCUT2D eigenvalue weighted by Gasteiger charge is -2.34. The van der Waals surface area contributed by atoms with Gasteiger partial charge in [0.25, 0.3) is 0 Å². The van der Waals surface area contributed by atoms with Crippen LogP contribution in [0.5, 0.6) is 11.5 Å². The van der Waals surface area contributed by atoms with Crippen molar-refractivity contribution in [3.05, 3.63) is 60.2 Å². The first-order valence-corrected chi connectivity index (χ1v) is 8.00. The second-order valence-corrected chi connectivity index (χ2v) is 5.84. The SMILES string of the molecule is CC(=O)N1CCN(Cc2ccc(Oc3ccccc3)cc2)CC1. The highest BCUT2D eigenvalue weighted by molar-refractivity contribution is 5.73. The van der Waals surface area contributed by atoms with E-state index in [0.29, 0.717) is 0 Å². The quantitative estimate of drug-likeness (QED) is 0.870. The number of carbonyl (C=O) groups is 1. The first kappa shape index (κ1) is 15.6. The van der Waals surface area contributed by atoms with Gasteiger partial charge in [-0.2, -0.15) is 0 Å². The molecule has 0 radical (unpaired) electrons. The molecule has 0 aromatic heterocycles. The first-order chi connectivity index (χ1) is 11.2. The Balaban J connectivity index is 1.53. The van der Waals surface area contributed by atoms with Crippen LogP contribution in [0.15, 0.2) is 54.6 Å². The van der Waals surface area contributed by atoms with Gasteiger partial charge in [0.15, 0.2) is 0 Å². The van der Waals surface area contributed by atoms with E-state index in [4.69, 9.17) is 4.74 Å². The van der Waals surface area contributed by atoms with Crippen molar-refractivity contribution >= 4 is 5.91 Å². The molecule has 0 bridgehead atoms. The fourth-order valence-corrected chi connectivity index (χ4v) is 2.77. The van der Waals surface area contributed by atoms with Gasteiger partial charge in [-0.05, 0) is 29.8 Å². The zero-order valence-electron chi connectivity index (χ0n) is 13.4. The number of benzene rings is 2. The predicted molar refractivity (Wildman–Crippen MR) is 90.5 cm³/mol. The zero-order valence-corrected chi connectivity index (χ0v) is 13.4. The van der Waals surface area contributed by atoms with E-state index in [1.807, 2.05) is 47.4 Å². The highest BCUT2D eigenvalue weighted by atomic mass is 16.5. The summed E-state index contributed by atoms with van der Waals surface area (Å²) in [5, 5.41) is 0. The number of amides is 1. The Kier molecular flexibility index (Phi) is 4.93. The van der Waals surface area contributed by atoms with Crippen molar-refractivity contribution in [2.45, 2.75) is 13.5 Å². The molecule has 1 heterocycles. The van der Waals surface area contributed by atoms with Gasteiger partial charge in [0.05, 0.1) is 0 Å². The summed E-state index contributed by atoms with van der Waals surface area (Å²) in [5.74, 6) is 1.87. The molecule has 0 N–H and O–H groups in total. The molecular formula is C19H22N2O2. The Bertz CT molecular complexity index is 632. The summed E-state index contributed by atoms with van der Waals surface area (Å²) < 4.78 is 5.81. The summed E-state index contributed by atoms with van der Waals surface area (Å²) in [6.45, 7) is 6.07. The minimum absolute atomic E-state index is 0.173. The van der Waals surface area contributed by atoms with E-state index >= 15 is 0 Å². The van der Waals surface area contributed by atoms with Crippen LogP contribution in [-0.2, 0) is 11.3 Å². The summed E-state index contributed by atoms with van der Waals surface area (Å²) in [6, 6.07) is 18.0. The highest BCUT2D eigenvalue weighted by Crippen LogP contribution is 2.21. The number of para-hydroxylation sites is 1. The smallest absolute Gasteiger partial charge is 0.219 e. The van der Waals surface area contributed by atoms with Crippen LogP contribution in [0.2, 0.25) is 0 Å². The minimum Gasteiger partial charge on any atom is -0.457 e. The van der Waals surface area contributed by atoms with Crippen molar-refractivity contribution in [3.63, 3.8) is 0 Å². The Hall–Kier alpha value is -2.33. The molecule has 120 valence electrons. The van der Waals surface area contributed by atoms with Crippen molar-refractivity contribution in [2.75, 3.05) is 26.2 Å². The maximum atomic E-state index is 11.3. The molecule has 1 amide bonds. The van der Waals surface area contributed by atoms with Crippen LogP contribution in [0.1, 0.15) is 12.5 Å². The summed E-state index contributed by atoms with van der Waals surface area (Å²) in [5.41, 5.74) is 1.27. The first-order valence-electron chi connectivity index (χ1n) is 8.00. The van der Waals surface area contributed by atoms with Gasteiger partial charge in [-0.25, -0.2) is 0 Å². The van der Waals surface area contributed by atoms with E-state index in [-0.39, 0.29) is 5.91 Å². The Morgan fingerprint density at radius 2 is 1.52 bits per heavy atom. The molecule has 0 saturated carbocycles. The van der Waals surface area contributed by atoms with Gasteiger partial charge >= 0.3 is 0 Å². The number of nitrogens with zero attached hydrogens (tertiary/aromatic N) is 2. The average molecular weight is 310 g/mol. The third kappa shape index (κ3) is 4.33. The second-order valence-electron chi connectivity index (χ2n) is 5.84. The van der Waals surface area contributed by atoms with Crippen molar-refractivity contribution < 1.29 is 9.53 Å². The van der Waals surface area contributed by atoms with E-state index in [9.17, 15) is 4.79 Å². The van der Waals surface area contributed by atoms with Gasteiger partial charge in [0.1, 0.15) is 11.5 Å². The van der Waals surface area contributed by atoms with Crippen LogP contribution < -0.4 is 4.74 Å². The lowest BCUT2D eigenvalue weighted by atomic mass is 10.2. The molecule has 3 rings (SSSR count). The Morgan fingerprint density at radius 1 is 0.913 bits per heavy atom. The number of carbonyl (C=O) groups excluding carboxylic acids is 1. The number of hydrogen-bond donors (Lipinski definition) is 0. The molecule has 23 heavy (non-hydrogen) atoms. The van der Waals surface area contributed by atoms with E-state index in [2.05, 4.69) is 17.0 Å². The lowest BCUT2D eigenvalue weighted by molar-refractivity contribution is -0.130. The van der Waals surface area contributed by atoms with Gasteiger partial charge in [-0.3, -0.25) is 9.69 Å². The van der Waals surface area contributed by atoms with Crippen LogP contribution in [0, 0.1) is 0 Å². The maximum Gasteiger partial charge on any atom is 0.219 e. The molecule has 0 aliphatic carbocycles. The van der Waals surface area contributed by atoms with Crippen molar-refractivity contribution in [1.29, 1.82) is 0 Å². The molecule has 1 aliphatic rings. The number of hydrogen-bond acceptors (Lipinski definition) is 3. The molecule has 4 nitrogen and oxygen atoms in total. The molecular weight excluding hydrogens is 288 g/mol. The molecule has 1 fully saturated rings. The summed E-state index contributed by atoms with van der Waals surface area (Å²) in [7, 11) is 0. The summed E-state index contributed by atoms with van der Waals surface area (Å²) in [4.78, 5) is 15.6. The van der Waals surface area contributed by atoms with Gasteiger partial charge in [0, 0.05) is 39.6 Å². The van der Waals surface area contributed by atoms with E-state index in [1.165, 1.54) is 5.56 Å². The third-order valence-corrected chi connectivity index (χ3v) is 4.13. The van der Waals surface area contributed by atoms with Crippen LogP contribution in [0.25, 0.3) is 0 Å². The molecule has 0 unspecified atom stereocenters. The molecule has 4 heteroatoms. The van der Waals surface area contributed by atoms with E-state index in [0.717, 1.165) is 44.2 Å². The van der Waals surface area contributed by atoms with Crippen LogP contribution in [0.3, 0.4) is 0 Å². The van der Waals surface area contributed by atoms with Crippen LogP contribution >= 0.6 is 0 Å². The van der Waals surface area contributed by atoms with Crippen LogP contribution in [0.4, 0.5) is 0 Å². The fraction of sp³-hybridized carbons (Fsp3) is 0.316. The van der Waals surface area contributed by atoms with Crippen LogP contribution in [-0.4, -0.2) is 41.9 Å². The fourth-order valence-electron chi connectivity index (χ4n) is 2.77. The Labute approximate surface area is 137 Å². The topological polar surface area (TPSA) is 32.8 Å². The largest absolute Gasteiger partial charge is 0.457 e. The Morgan fingerprint density at radius 3 is 2.13 bits per heavy atom. The molecule has 1 saturated heterocycles. The minimum atomic E-state index is 0.173. The maximum absolute atomic E-state index is 11.3. The molecule has 0 spiro atoms. The number of ether oxygens (including phenoxy) is 1. The van der Waals surface area contributed by atoms with Gasteiger partial charge in [0.2, 0.25) is 5.91 Å². The molecule has 2 aromatic rings. The zero-order chi connectivity index (χ0) is 16.1. The summed E-state index contributed by atoms with van der Waals surface area (Å²) in [6.07, 6.45) is 0. The number of rotatable bonds is 4. The molecule has 2 aromatic carbocycles. The lowest BCUT2D eigenvalue weighted by Crippen LogP contribution is -2.47. The standard InChI is InChI=1S/C19H22N2O2/c1-16(22)21-13-11-20(12-14-21)15-17-7-9-19(10-8-17)23-18-5-3-2-4-6-18/h2-10H,11-15H2,1H3. The van der Waals surface area contributed by atoms with Crippen molar-refractivity contribution in [2.24, 2.45) is 0 Å². The van der Waals surface area contributed by atoms with Crippen molar-refractivity contribution in [3.8, 4) is 11.5 Å². The second kappa shape index (κ2) is 7.29. The average Bonchev–Trinajstić information content (AvgIpc) is 2.58. The van der Waals surface area contributed by atoms with Gasteiger partial charge in [-0.1, -0.05) is 30.3 Å². The van der Waals surface area contributed by atoms with Gasteiger partial charge < -0.3 is 9.64 Å². The molecule has 0 atom stereocenters.